The van der Waals surface area contributed by atoms with Crippen LogP contribution in [0.5, 0.6) is 11.5 Å². The van der Waals surface area contributed by atoms with Gasteiger partial charge in [-0.15, -0.1) is 0 Å². The summed E-state index contributed by atoms with van der Waals surface area (Å²) in [7, 11) is 0. The third kappa shape index (κ3) is 1.64. The summed E-state index contributed by atoms with van der Waals surface area (Å²) in [5, 5.41) is 3.94. The maximum absolute atomic E-state index is 11.0. The molecule has 5 heteroatoms. The number of carbonyl (C=O) groups is 1. The van der Waals surface area contributed by atoms with E-state index in [1.165, 1.54) is 0 Å². The number of pyridine rings is 1. The molecule has 3 rings (SSSR count). The van der Waals surface area contributed by atoms with E-state index >= 15 is 0 Å². The largest absolute Gasteiger partial charge is 0.454 e. The van der Waals surface area contributed by atoms with Crippen molar-refractivity contribution >= 4 is 23.0 Å². The number of nitrogens with one attached hydrogen (secondary N) is 1. The van der Waals surface area contributed by atoms with Gasteiger partial charge in [0.25, 0.3) is 0 Å². The summed E-state index contributed by atoms with van der Waals surface area (Å²) in [4.78, 5) is 15.5. The van der Waals surface area contributed by atoms with Crippen LogP contribution in [0.25, 0.3) is 10.9 Å². The van der Waals surface area contributed by atoms with Gasteiger partial charge in [0.05, 0.1) is 11.1 Å². The lowest BCUT2D eigenvalue weighted by molar-refractivity contribution is 0.112. The maximum Gasteiger partial charge on any atom is 0.231 e. The molecule has 92 valence electrons. The molecule has 1 aliphatic rings. The molecule has 1 aromatic heterocycles. The highest BCUT2D eigenvalue weighted by atomic mass is 16.7. The number of rotatable bonds is 3. The second-order valence-electron chi connectivity index (χ2n) is 3.97. The number of aromatic nitrogens is 1. The monoisotopic (exact) mass is 244 g/mol. The van der Waals surface area contributed by atoms with Crippen LogP contribution in [-0.2, 0) is 0 Å². The zero-order valence-corrected chi connectivity index (χ0v) is 9.90. The van der Waals surface area contributed by atoms with Gasteiger partial charge in [0.15, 0.2) is 17.8 Å². The van der Waals surface area contributed by atoms with Crippen molar-refractivity contribution in [2.24, 2.45) is 0 Å². The first-order valence-electron chi connectivity index (χ1n) is 5.75. The average Bonchev–Trinajstić information content (AvgIpc) is 2.82. The maximum atomic E-state index is 11.0. The highest BCUT2D eigenvalue weighted by Crippen LogP contribution is 2.36. The Labute approximate surface area is 104 Å². The number of hydrogen-bond donors (Lipinski definition) is 1. The number of benzene rings is 1. The van der Waals surface area contributed by atoms with Crippen molar-refractivity contribution in [1.82, 2.24) is 4.98 Å². The molecular formula is C13H12N2O3. The SMILES string of the molecule is CCNc1nc2cc3c(cc2cc1C=O)OCO3. The van der Waals surface area contributed by atoms with Crippen molar-refractivity contribution in [2.75, 3.05) is 18.7 Å². The van der Waals surface area contributed by atoms with E-state index in [9.17, 15) is 4.79 Å². The molecule has 2 heterocycles. The fourth-order valence-electron chi connectivity index (χ4n) is 1.98. The number of fused-ring (bicyclic) bond motifs is 2. The van der Waals surface area contributed by atoms with Crippen LogP contribution in [0.1, 0.15) is 17.3 Å². The Hall–Kier alpha value is -2.30. The Bertz CT molecular complexity index is 625. The highest BCUT2D eigenvalue weighted by molar-refractivity contribution is 5.93. The Morgan fingerprint density at radius 3 is 2.83 bits per heavy atom. The predicted molar refractivity (Wildman–Crippen MR) is 67.4 cm³/mol. The average molecular weight is 244 g/mol. The molecule has 0 radical (unpaired) electrons. The molecule has 0 unspecified atom stereocenters. The van der Waals surface area contributed by atoms with E-state index in [4.69, 9.17) is 9.47 Å². The topological polar surface area (TPSA) is 60.5 Å². The van der Waals surface area contributed by atoms with Crippen LogP contribution in [0.4, 0.5) is 5.82 Å². The first-order chi connectivity index (χ1) is 8.81. The molecule has 1 aromatic carbocycles. The van der Waals surface area contributed by atoms with Crippen LogP contribution >= 0.6 is 0 Å². The predicted octanol–water partition coefficient (Wildman–Crippen LogP) is 2.21. The lowest BCUT2D eigenvalue weighted by Gasteiger charge is -2.08. The molecular weight excluding hydrogens is 232 g/mol. The van der Waals surface area contributed by atoms with Gasteiger partial charge in [0.1, 0.15) is 5.82 Å². The summed E-state index contributed by atoms with van der Waals surface area (Å²) in [5.74, 6) is 1.98. The van der Waals surface area contributed by atoms with Crippen LogP contribution in [0.3, 0.4) is 0 Å². The van der Waals surface area contributed by atoms with E-state index in [-0.39, 0.29) is 6.79 Å². The third-order valence-electron chi connectivity index (χ3n) is 2.81. The number of ether oxygens (including phenoxy) is 2. The lowest BCUT2D eigenvalue weighted by atomic mass is 10.1. The number of carbonyl (C=O) groups excluding carboxylic acids is 1. The summed E-state index contributed by atoms with van der Waals surface area (Å²) in [6, 6.07) is 5.47. The zero-order valence-electron chi connectivity index (χ0n) is 9.90. The van der Waals surface area contributed by atoms with Gasteiger partial charge < -0.3 is 14.8 Å². The quantitative estimate of drug-likeness (QED) is 0.839. The Kier molecular flexibility index (Phi) is 2.51. The van der Waals surface area contributed by atoms with E-state index in [2.05, 4.69) is 10.3 Å². The van der Waals surface area contributed by atoms with Gasteiger partial charge in [-0.3, -0.25) is 4.79 Å². The van der Waals surface area contributed by atoms with Crippen molar-refractivity contribution in [3.63, 3.8) is 0 Å². The van der Waals surface area contributed by atoms with Gasteiger partial charge in [-0.1, -0.05) is 0 Å². The van der Waals surface area contributed by atoms with Crippen LogP contribution in [0.15, 0.2) is 18.2 Å². The first-order valence-corrected chi connectivity index (χ1v) is 5.75. The molecule has 0 amide bonds. The normalized spacial score (nSPS) is 12.7. The van der Waals surface area contributed by atoms with Gasteiger partial charge in [-0.25, -0.2) is 4.98 Å². The molecule has 18 heavy (non-hydrogen) atoms. The second kappa shape index (κ2) is 4.18. The number of nitrogens with zero attached hydrogens (tertiary/aromatic N) is 1. The Morgan fingerprint density at radius 1 is 1.33 bits per heavy atom. The molecule has 0 fully saturated rings. The van der Waals surface area contributed by atoms with E-state index in [0.717, 1.165) is 17.2 Å². The van der Waals surface area contributed by atoms with Crippen LogP contribution in [0.2, 0.25) is 0 Å². The smallest absolute Gasteiger partial charge is 0.231 e. The first kappa shape index (κ1) is 10.8. The van der Waals surface area contributed by atoms with Gasteiger partial charge in [-0.2, -0.15) is 0 Å². The third-order valence-corrected chi connectivity index (χ3v) is 2.81. The van der Waals surface area contributed by atoms with Crippen molar-refractivity contribution in [1.29, 1.82) is 0 Å². The Morgan fingerprint density at radius 2 is 2.11 bits per heavy atom. The van der Waals surface area contributed by atoms with Crippen LogP contribution in [-0.4, -0.2) is 24.6 Å². The minimum absolute atomic E-state index is 0.228. The zero-order chi connectivity index (χ0) is 12.5. The molecule has 2 aromatic rings. The molecule has 0 atom stereocenters. The van der Waals surface area contributed by atoms with Crippen molar-refractivity contribution in [3.8, 4) is 11.5 Å². The summed E-state index contributed by atoms with van der Waals surface area (Å²) in [6.45, 7) is 2.90. The molecule has 0 aliphatic carbocycles. The van der Waals surface area contributed by atoms with Gasteiger partial charge in [0, 0.05) is 18.0 Å². The fraction of sp³-hybridized carbons (Fsp3) is 0.231. The van der Waals surface area contributed by atoms with Crippen molar-refractivity contribution in [2.45, 2.75) is 6.92 Å². The van der Waals surface area contributed by atoms with Crippen LogP contribution in [0, 0.1) is 0 Å². The molecule has 1 N–H and O–H groups in total. The minimum Gasteiger partial charge on any atom is -0.454 e. The minimum atomic E-state index is 0.228. The summed E-state index contributed by atoms with van der Waals surface area (Å²) >= 11 is 0. The number of anilines is 1. The fourth-order valence-corrected chi connectivity index (χ4v) is 1.98. The van der Waals surface area contributed by atoms with Gasteiger partial charge in [-0.05, 0) is 19.1 Å². The molecule has 0 saturated carbocycles. The lowest BCUT2D eigenvalue weighted by Crippen LogP contribution is -2.03. The van der Waals surface area contributed by atoms with E-state index in [0.29, 0.717) is 29.4 Å². The molecule has 0 spiro atoms. The number of hydrogen-bond acceptors (Lipinski definition) is 5. The van der Waals surface area contributed by atoms with E-state index < -0.39 is 0 Å². The van der Waals surface area contributed by atoms with Crippen molar-refractivity contribution < 1.29 is 14.3 Å². The van der Waals surface area contributed by atoms with E-state index in [1.807, 2.05) is 19.1 Å². The standard InChI is InChI=1S/C13H12N2O3/c1-2-14-13-9(6-16)3-8-4-11-12(18-7-17-11)5-10(8)15-13/h3-6H,2,7H2,1H3,(H,14,15). The molecule has 1 aliphatic heterocycles. The summed E-state index contributed by atoms with van der Waals surface area (Å²) < 4.78 is 10.6. The van der Waals surface area contributed by atoms with Gasteiger partial charge in [0.2, 0.25) is 6.79 Å². The number of aldehydes is 1. The highest BCUT2D eigenvalue weighted by Gasteiger charge is 2.16. The van der Waals surface area contributed by atoms with Gasteiger partial charge >= 0.3 is 0 Å². The van der Waals surface area contributed by atoms with Crippen LogP contribution < -0.4 is 14.8 Å². The summed E-state index contributed by atoms with van der Waals surface area (Å²) in [5.41, 5.74) is 1.32. The molecule has 0 saturated heterocycles. The van der Waals surface area contributed by atoms with E-state index in [1.54, 1.807) is 6.07 Å². The summed E-state index contributed by atoms with van der Waals surface area (Å²) in [6.07, 6.45) is 0.801. The molecule has 0 bridgehead atoms. The molecule has 5 nitrogen and oxygen atoms in total. The Balaban J connectivity index is 2.21. The second-order valence-corrected chi connectivity index (χ2v) is 3.97. The van der Waals surface area contributed by atoms with Crippen molar-refractivity contribution in [3.05, 3.63) is 23.8 Å².